The number of aliphatic hydroxyl groups excluding tert-OH is 2. The lowest BCUT2D eigenvalue weighted by Crippen LogP contribution is -2.22. The molecular weight excluding hydrogens is 256 g/mol. The molecule has 1 atom stereocenters. The first-order chi connectivity index (χ1) is 9.74. The maximum atomic E-state index is 9.48. The summed E-state index contributed by atoms with van der Waals surface area (Å²) in [5.41, 5.74) is 2.11. The summed E-state index contributed by atoms with van der Waals surface area (Å²) >= 11 is 0. The molecule has 0 saturated heterocycles. The van der Waals surface area contributed by atoms with Crippen LogP contribution in [0.15, 0.2) is 30.3 Å². The molecular formula is C14H16N4O2. The van der Waals surface area contributed by atoms with E-state index < -0.39 is 6.10 Å². The van der Waals surface area contributed by atoms with Gasteiger partial charge in [0.1, 0.15) is 6.07 Å². The molecule has 2 N–H and O–H groups in total. The summed E-state index contributed by atoms with van der Waals surface area (Å²) in [5, 5.41) is 35.1. The Kier molecular flexibility index (Phi) is 4.82. The van der Waals surface area contributed by atoms with E-state index in [1.54, 1.807) is 0 Å². The molecule has 1 unspecified atom stereocenters. The fraction of sp³-hybridized carbons (Fsp3) is 0.357. The highest BCUT2D eigenvalue weighted by molar-refractivity contribution is 5.26. The number of hydrogen-bond donors (Lipinski definition) is 2. The summed E-state index contributed by atoms with van der Waals surface area (Å²) in [6, 6.07) is 11.9. The summed E-state index contributed by atoms with van der Waals surface area (Å²) in [5.74, 6) is 0. The SMILES string of the molecule is N#Cc1nnn(CC(O)CO)c1CCc1ccccc1. The molecule has 0 spiro atoms. The zero-order valence-corrected chi connectivity index (χ0v) is 11.0. The van der Waals surface area contributed by atoms with Crippen molar-refractivity contribution in [2.45, 2.75) is 25.5 Å². The molecule has 104 valence electrons. The van der Waals surface area contributed by atoms with Crippen molar-refractivity contribution in [3.8, 4) is 6.07 Å². The number of nitrogens with zero attached hydrogens (tertiary/aromatic N) is 4. The van der Waals surface area contributed by atoms with Crippen molar-refractivity contribution in [3.63, 3.8) is 0 Å². The average Bonchev–Trinajstić information content (AvgIpc) is 2.88. The van der Waals surface area contributed by atoms with Gasteiger partial charge in [0.05, 0.1) is 24.9 Å². The highest BCUT2D eigenvalue weighted by Gasteiger charge is 2.15. The van der Waals surface area contributed by atoms with Gasteiger partial charge in [-0.25, -0.2) is 4.68 Å². The molecule has 20 heavy (non-hydrogen) atoms. The Balaban J connectivity index is 2.13. The third-order valence-corrected chi connectivity index (χ3v) is 3.03. The van der Waals surface area contributed by atoms with Gasteiger partial charge in [0, 0.05) is 0 Å². The molecule has 2 rings (SSSR count). The lowest BCUT2D eigenvalue weighted by Gasteiger charge is -2.10. The summed E-state index contributed by atoms with van der Waals surface area (Å²) in [4.78, 5) is 0. The van der Waals surface area contributed by atoms with Crippen LogP contribution < -0.4 is 0 Å². The molecule has 0 amide bonds. The van der Waals surface area contributed by atoms with Crippen molar-refractivity contribution < 1.29 is 10.2 Å². The zero-order valence-electron chi connectivity index (χ0n) is 11.0. The summed E-state index contributed by atoms with van der Waals surface area (Å²) < 4.78 is 1.49. The molecule has 1 aromatic carbocycles. The molecule has 1 aromatic heterocycles. The van der Waals surface area contributed by atoms with Gasteiger partial charge in [-0.05, 0) is 18.4 Å². The smallest absolute Gasteiger partial charge is 0.185 e. The number of rotatable bonds is 6. The molecule has 0 saturated carbocycles. The van der Waals surface area contributed by atoms with E-state index in [4.69, 9.17) is 10.4 Å². The highest BCUT2D eigenvalue weighted by atomic mass is 16.3. The Hall–Kier alpha value is -2.23. The van der Waals surface area contributed by atoms with E-state index in [1.807, 2.05) is 36.4 Å². The number of aromatic nitrogens is 3. The Morgan fingerprint density at radius 3 is 2.65 bits per heavy atom. The van der Waals surface area contributed by atoms with E-state index in [-0.39, 0.29) is 18.8 Å². The van der Waals surface area contributed by atoms with Crippen LogP contribution in [0.3, 0.4) is 0 Å². The molecule has 0 aliphatic carbocycles. The second kappa shape index (κ2) is 6.80. The molecule has 1 heterocycles. The second-order valence-corrected chi connectivity index (χ2v) is 4.50. The van der Waals surface area contributed by atoms with Crippen molar-refractivity contribution in [1.29, 1.82) is 5.26 Å². The van der Waals surface area contributed by atoms with Crippen LogP contribution in [-0.2, 0) is 19.4 Å². The van der Waals surface area contributed by atoms with Crippen molar-refractivity contribution in [2.75, 3.05) is 6.61 Å². The number of benzene rings is 1. The molecule has 6 heteroatoms. The molecule has 0 aliphatic heterocycles. The van der Waals surface area contributed by atoms with Crippen molar-refractivity contribution >= 4 is 0 Å². The maximum absolute atomic E-state index is 9.48. The van der Waals surface area contributed by atoms with Gasteiger partial charge in [-0.2, -0.15) is 5.26 Å². The van der Waals surface area contributed by atoms with Gasteiger partial charge in [-0.3, -0.25) is 0 Å². The minimum absolute atomic E-state index is 0.134. The molecule has 0 bridgehead atoms. The summed E-state index contributed by atoms with van der Waals surface area (Å²) in [7, 11) is 0. The topological polar surface area (TPSA) is 95.0 Å². The Labute approximate surface area is 116 Å². The van der Waals surface area contributed by atoms with Crippen molar-refractivity contribution in [3.05, 3.63) is 47.3 Å². The van der Waals surface area contributed by atoms with Gasteiger partial charge in [0.2, 0.25) is 0 Å². The second-order valence-electron chi connectivity index (χ2n) is 4.50. The predicted octanol–water partition coefficient (Wildman–Crippen LogP) is 0.288. The maximum Gasteiger partial charge on any atom is 0.185 e. The minimum Gasteiger partial charge on any atom is -0.394 e. The first-order valence-corrected chi connectivity index (χ1v) is 6.40. The Bertz CT molecular complexity index is 589. The summed E-state index contributed by atoms with van der Waals surface area (Å²) in [6.45, 7) is -0.213. The van der Waals surface area contributed by atoms with E-state index in [9.17, 15) is 5.11 Å². The van der Waals surface area contributed by atoms with Crippen LogP contribution in [0.4, 0.5) is 0 Å². The first kappa shape index (κ1) is 14.2. The Morgan fingerprint density at radius 1 is 1.25 bits per heavy atom. The van der Waals surface area contributed by atoms with E-state index in [0.29, 0.717) is 12.1 Å². The van der Waals surface area contributed by atoms with E-state index in [2.05, 4.69) is 10.3 Å². The third-order valence-electron chi connectivity index (χ3n) is 3.03. The lowest BCUT2D eigenvalue weighted by molar-refractivity contribution is 0.0770. The molecule has 0 fully saturated rings. The van der Waals surface area contributed by atoms with Gasteiger partial charge in [0.15, 0.2) is 5.69 Å². The quantitative estimate of drug-likeness (QED) is 0.788. The minimum atomic E-state index is -0.904. The number of hydrogen-bond acceptors (Lipinski definition) is 5. The fourth-order valence-electron chi connectivity index (χ4n) is 1.98. The van der Waals surface area contributed by atoms with Crippen LogP contribution in [0.25, 0.3) is 0 Å². The van der Waals surface area contributed by atoms with Crippen LogP contribution in [0.5, 0.6) is 0 Å². The number of nitriles is 1. The van der Waals surface area contributed by atoms with Crippen LogP contribution in [0, 0.1) is 11.3 Å². The molecule has 6 nitrogen and oxygen atoms in total. The first-order valence-electron chi connectivity index (χ1n) is 6.40. The van der Waals surface area contributed by atoms with Crippen molar-refractivity contribution in [2.24, 2.45) is 0 Å². The lowest BCUT2D eigenvalue weighted by atomic mass is 10.1. The predicted molar refractivity (Wildman–Crippen MR) is 71.7 cm³/mol. The summed E-state index contributed by atoms with van der Waals surface area (Å²) in [6.07, 6.45) is 0.467. The van der Waals surface area contributed by atoms with Crippen LogP contribution in [0.2, 0.25) is 0 Å². The van der Waals surface area contributed by atoms with E-state index >= 15 is 0 Å². The van der Waals surface area contributed by atoms with Gasteiger partial charge in [-0.15, -0.1) is 5.10 Å². The van der Waals surface area contributed by atoms with Crippen LogP contribution in [-0.4, -0.2) is 37.9 Å². The monoisotopic (exact) mass is 272 g/mol. The average molecular weight is 272 g/mol. The largest absolute Gasteiger partial charge is 0.394 e. The third kappa shape index (κ3) is 3.41. The Morgan fingerprint density at radius 2 is 2.00 bits per heavy atom. The molecule has 2 aromatic rings. The standard InChI is InChI=1S/C14H16N4O2/c15-8-13-14(7-6-11-4-2-1-3-5-11)18(17-16-13)9-12(20)10-19/h1-5,12,19-20H,6-7,9-10H2. The number of aryl methyl sites for hydroxylation is 1. The van der Waals surface area contributed by atoms with Gasteiger partial charge >= 0.3 is 0 Å². The molecule has 0 radical (unpaired) electrons. The highest BCUT2D eigenvalue weighted by Crippen LogP contribution is 2.10. The zero-order chi connectivity index (χ0) is 14.4. The van der Waals surface area contributed by atoms with E-state index in [1.165, 1.54) is 4.68 Å². The molecule has 0 aliphatic rings. The van der Waals surface area contributed by atoms with Crippen LogP contribution in [0.1, 0.15) is 17.0 Å². The number of aliphatic hydroxyl groups is 2. The van der Waals surface area contributed by atoms with Gasteiger partial charge in [0.25, 0.3) is 0 Å². The van der Waals surface area contributed by atoms with E-state index in [0.717, 1.165) is 12.0 Å². The van der Waals surface area contributed by atoms with Gasteiger partial charge in [-0.1, -0.05) is 35.5 Å². The van der Waals surface area contributed by atoms with Gasteiger partial charge < -0.3 is 10.2 Å². The van der Waals surface area contributed by atoms with Crippen LogP contribution >= 0.6 is 0 Å². The van der Waals surface area contributed by atoms with Crippen molar-refractivity contribution in [1.82, 2.24) is 15.0 Å². The fourth-order valence-corrected chi connectivity index (χ4v) is 1.98. The normalized spacial score (nSPS) is 12.1.